The molecule has 3 heteroatoms. The van der Waals surface area contributed by atoms with Crippen molar-refractivity contribution >= 4 is 6.48 Å². The van der Waals surface area contributed by atoms with Crippen LogP contribution in [0.25, 0.3) is 33.4 Å². The van der Waals surface area contributed by atoms with Crippen LogP contribution in [0.15, 0.2) is 100 Å². The quantitative estimate of drug-likeness (QED) is 0.213. The van der Waals surface area contributed by atoms with Gasteiger partial charge in [0.2, 0.25) is 0 Å². The van der Waals surface area contributed by atoms with Gasteiger partial charge in [0.15, 0.2) is 0 Å². The fourth-order valence-corrected chi connectivity index (χ4v) is 20.5. The molecule has 10 rings (SSSR count). The number of rotatable bonds is 4. The van der Waals surface area contributed by atoms with Crippen molar-refractivity contribution in [1.82, 2.24) is 0 Å². The minimum absolute atomic E-state index is 0. The van der Waals surface area contributed by atoms with Crippen LogP contribution in [0, 0.1) is 23.7 Å². The molecule has 0 amide bonds. The van der Waals surface area contributed by atoms with E-state index in [-0.39, 0.29) is 35.6 Å². The fraction of sp³-hybridized carbons (Fsp3) is 0.396. The van der Waals surface area contributed by atoms with Gasteiger partial charge in [0, 0.05) is 0 Å². The van der Waals surface area contributed by atoms with Crippen molar-refractivity contribution in [1.29, 1.82) is 0 Å². The Labute approximate surface area is 327 Å². The van der Waals surface area contributed by atoms with Gasteiger partial charge in [-0.25, -0.2) is 0 Å². The van der Waals surface area contributed by atoms with E-state index in [1.165, 1.54) is 71.9 Å². The van der Waals surface area contributed by atoms with Crippen LogP contribution in [0.5, 0.6) is 0 Å². The van der Waals surface area contributed by atoms with Gasteiger partial charge in [-0.3, -0.25) is 0 Å². The van der Waals surface area contributed by atoms with Gasteiger partial charge in [-0.1, -0.05) is 0 Å². The maximum absolute atomic E-state index is 2.67. The monoisotopic (exact) mass is 788 g/mol. The molecule has 0 N–H and O–H groups in total. The van der Waals surface area contributed by atoms with Crippen LogP contribution in [0.1, 0.15) is 102 Å². The second-order valence-electron chi connectivity index (χ2n) is 18.1. The Morgan fingerprint density at radius 2 is 1.18 bits per heavy atom. The van der Waals surface area contributed by atoms with E-state index in [2.05, 4.69) is 142 Å². The van der Waals surface area contributed by atoms with Gasteiger partial charge in [0.1, 0.15) is 0 Å². The van der Waals surface area contributed by atoms with Gasteiger partial charge in [0.05, 0.1) is 0 Å². The van der Waals surface area contributed by atoms with Crippen LogP contribution >= 0.6 is 0 Å². The Bertz CT molecular complexity index is 2040. The van der Waals surface area contributed by atoms with Crippen LogP contribution in [0.2, 0.25) is 0 Å². The predicted molar refractivity (Wildman–Crippen MR) is 206 cm³/mol. The molecule has 51 heavy (non-hydrogen) atoms. The van der Waals surface area contributed by atoms with Crippen LogP contribution in [-0.4, -0.2) is 3.21 Å². The number of halogens is 2. The largest absolute Gasteiger partial charge is 1.00 e. The van der Waals surface area contributed by atoms with E-state index in [1.54, 1.807) is 22.3 Å². The maximum Gasteiger partial charge on any atom is -1.00 e. The first kappa shape index (κ1) is 37.0. The Hall–Kier alpha value is -2.31. The predicted octanol–water partition coefficient (Wildman–Crippen LogP) is 5.91. The maximum atomic E-state index is 2.67. The summed E-state index contributed by atoms with van der Waals surface area (Å²) in [6.45, 7) is 14.6. The number of hydrogen-bond acceptors (Lipinski definition) is 0. The normalized spacial score (nSPS) is 22.5. The summed E-state index contributed by atoms with van der Waals surface area (Å²) in [6, 6.07) is 30.7. The van der Waals surface area contributed by atoms with Gasteiger partial charge < -0.3 is 24.8 Å². The second kappa shape index (κ2) is 13.8. The van der Waals surface area contributed by atoms with E-state index in [0.29, 0.717) is 0 Å². The summed E-state index contributed by atoms with van der Waals surface area (Å²) < 4.78 is 5.81. The standard InChI is InChI=1S/C33H33.C10H14.C5H5.2ClH.Zr/c1-32(2,3)30-20-26-24(18-28(30)22-13-9-7-10-14-22)17-25-19-29(23-15-11-8-12-16-23)31(21-27(25)26)33(4,5)6;1-7-2-9-4-8(1)5-10(3-7)6-9;1-2-4-5-3-1;;;/h7-16,18,20-21H,17H2,1-6H3;7-10H,1-5H2;1-3H,4H2;2*1H;/q;;;;;+2/p-2. The summed E-state index contributed by atoms with van der Waals surface area (Å²) in [5.41, 5.74) is 15.2. The van der Waals surface area contributed by atoms with Crippen LogP contribution < -0.4 is 28.1 Å². The van der Waals surface area contributed by atoms with Gasteiger partial charge in [0.25, 0.3) is 0 Å². The number of benzene rings is 4. The molecule has 0 unspecified atom stereocenters. The summed E-state index contributed by atoms with van der Waals surface area (Å²) >= 11 is -2.57. The van der Waals surface area contributed by atoms with Crippen molar-refractivity contribution in [3.05, 3.63) is 123 Å². The topological polar surface area (TPSA) is 0 Å². The first-order chi connectivity index (χ1) is 23.5. The summed E-state index contributed by atoms with van der Waals surface area (Å²) in [5, 5.41) is 0. The molecule has 0 atom stereocenters. The van der Waals surface area contributed by atoms with E-state index in [9.17, 15) is 0 Å². The first-order valence-electron chi connectivity index (χ1n) is 19.1. The van der Waals surface area contributed by atoms with Crippen molar-refractivity contribution in [2.24, 2.45) is 23.7 Å². The molecule has 0 spiro atoms. The molecule has 0 aliphatic heterocycles. The molecular weight excluding hydrogens is 739 g/mol. The van der Waals surface area contributed by atoms with E-state index in [0.717, 1.165) is 30.1 Å². The van der Waals surface area contributed by atoms with Crippen molar-refractivity contribution in [2.45, 2.75) is 97.3 Å². The molecule has 4 aromatic carbocycles. The number of fused-ring (bicyclic) bond motifs is 3. The van der Waals surface area contributed by atoms with Crippen molar-refractivity contribution in [3.8, 4) is 33.4 Å². The first-order valence-corrected chi connectivity index (χ1v) is 22.8. The molecule has 262 valence electrons. The van der Waals surface area contributed by atoms with E-state index < -0.39 is 21.3 Å². The van der Waals surface area contributed by atoms with E-state index in [1.807, 2.05) is 6.55 Å². The zero-order valence-corrected chi connectivity index (χ0v) is 35.2. The third-order valence-corrected chi connectivity index (χ3v) is 21.2. The average molecular weight is 791 g/mol. The minimum Gasteiger partial charge on any atom is -1.00 e. The molecule has 0 aromatic heterocycles. The molecular formula is C48H52Cl2Zr. The third kappa shape index (κ3) is 6.40. The zero-order chi connectivity index (χ0) is 33.7. The van der Waals surface area contributed by atoms with Gasteiger partial charge in [-0.2, -0.15) is 0 Å². The minimum atomic E-state index is -2.57. The van der Waals surface area contributed by atoms with Crippen molar-refractivity contribution < 1.29 is 46.1 Å². The van der Waals surface area contributed by atoms with E-state index in [4.69, 9.17) is 0 Å². The average Bonchev–Trinajstić information content (AvgIpc) is 3.73. The molecule has 4 fully saturated rings. The van der Waals surface area contributed by atoms with Gasteiger partial charge >= 0.3 is 305 Å². The Balaban J connectivity index is 0.00000203. The van der Waals surface area contributed by atoms with Crippen molar-refractivity contribution in [2.75, 3.05) is 0 Å². The Kier molecular flexibility index (Phi) is 10.0. The molecule has 0 nitrogen and oxygen atoms in total. The number of hydrogen-bond donors (Lipinski definition) is 0. The SMILES string of the molecule is CC(C)(C)c1cc2c(cc1-c1ccccc1)Cc1c-2cc(C(C)(C)C)c(-c2ccccc2)[c]1[Zr+2]([C]1=CC=CC1)=[C]1C2CC3CC(C2)CC1C3.[Cl-].[Cl-]. The molecule has 0 saturated heterocycles. The van der Waals surface area contributed by atoms with E-state index >= 15 is 0 Å². The van der Waals surface area contributed by atoms with Crippen LogP contribution in [0.3, 0.4) is 0 Å². The Morgan fingerprint density at radius 1 is 0.608 bits per heavy atom. The molecule has 6 aliphatic rings. The van der Waals surface area contributed by atoms with Crippen molar-refractivity contribution in [3.63, 3.8) is 0 Å². The molecule has 0 radical (unpaired) electrons. The Morgan fingerprint density at radius 3 is 1.73 bits per heavy atom. The molecule has 4 aromatic rings. The third-order valence-electron chi connectivity index (χ3n) is 12.7. The molecule has 4 bridgehead atoms. The fourth-order valence-electron chi connectivity index (χ4n) is 10.9. The smallest absolute Gasteiger partial charge is 1.00 e. The summed E-state index contributed by atoms with van der Waals surface area (Å²) in [5.74, 6) is 3.71. The number of allylic oxidation sites excluding steroid dienone is 4. The van der Waals surface area contributed by atoms with Gasteiger partial charge in [-0.05, 0) is 0 Å². The van der Waals surface area contributed by atoms with Crippen LogP contribution in [-0.2, 0) is 38.5 Å². The summed E-state index contributed by atoms with van der Waals surface area (Å²) in [4.78, 5) is 0. The second-order valence-corrected chi connectivity index (χ2v) is 24.2. The molecule has 4 saturated carbocycles. The van der Waals surface area contributed by atoms with Crippen LogP contribution in [0.4, 0.5) is 0 Å². The summed E-state index contributed by atoms with van der Waals surface area (Å²) in [7, 11) is 0. The molecule has 6 aliphatic carbocycles. The zero-order valence-electron chi connectivity index (χ0n) is 31.3. The molecule has 0 heterocycles. The summed E-state index contributed by atoms with van der Waals surface area (Å²) in [6.07, 6.45) is 17.1. The van der Waals surface area contributed by atoms with Gasteiger partial charge in [-0.15, -0.1) is 0 Å².